The fraction of sp³-hybridized carbons (Fsp3) is 0.750. The molecule has 1 saturated heterocycles. The fourth-order valence-electron chi connectivity index (χ4n) is 2.41. The largest absolute Gasteiger partial charge is 0.305 e. The summed E-state index contributed by atoms with van der Waals surface area (Å²) in [6, 6.07) is 0. The summed E-state index contributed by atoms with van der Waals surface area (Å²) < 4.78 is 0. The minimum Gasteiger partial charge on any atom is -0.305 e. The Bertz CT molecular complexity index is 331. The number of nitrogens with one attached hydrogen (secondary N) is 1. The molecule has 2 rings (SSSR count). The summed E-state index contributed by atoms with van der Waals surface area (Å²) >= 11 is 3.83. The molecule has 0 amide bonds. The van der Waals surface area contributed by atoms with E-state index in [0.717, 1.165) is 12.3 Å². The molecule has 1 fully saturated rings. The minimum atomic E-state index is 0.0683. The Morgan fingerprint density at radius 2 is 2.31 bits per heavy atom. The first-order chi connectivity index (χ1) is 7.62. The zero-order valence-corrected chi connectivity index (χ0v) is 11.9. The third kappa shape index (κ3) is 1.91. The molecule has 2 heterocycles. The summed E-state index contributed by atoms with van der Waals surface area (Å²) in [6.07, 6.45) is 3.18. The van der Waals surface area contributed by atoms with E-state index in [1.165, 1.54) is 17.2 Å². The van der Waals surface area contributed by atoms with Gasteiger partial charge in [-0.3, -0.25) is 0 Å². The Labute approximate surface area is 106 Å². The summed E-state index contributed by atoms with van der Waals surface area (Å²) in [5.74, 6) is 2.41. The lowest BCUT2D eigenvalue weighted by molar-refractivity contribution is 0.131. The minimum absolute atomic E-state index is 0.0683. The van der Waals surface area contributed by atoms with Gasteiger partial charge in [-0.2, -0.15) is 11.8 Å². The zero-order chi connectivity index (χ0) is 11.6. The highest BCUT2D eigenvalue weighted by molar-refractivity contribution is 7.99. The monoisotopic (exact) mass is 256 g/mol. The maximum absolute atomic E-state index is 4.57. The molecule has 1 aromatic heterocycles. The second-order valence-electron chi connectivity index (χ2n) is 4.96. The summed E-state index contributed by atoms with van der Waals surface area (Å²) in [7, 11) is 0. The second-order valence-corrected chi connectivity index (χ2v) is 6.96. The molecule has 0 aromatic carbocycles. The lowest BCUT2D eigenvalue weighted by Gasteiger charge is -2.49. The maximum Gasteiger partial charge on any atom is 0.114 e. The quantitative estimate of drug-likeness (QED) is 0.899. The lowest BCUT2D eigenvalue weighted by atomic mass is 9.71. The van der Waals surface area contributed by atoms with Gasteiger partial charge in [-0.15, -0.1) is 11.3 Å². The highest BCUT2D eigenvalue weighted by atomic mass is 32.2. The van der Waals surface area contributed by atoms with Crippen LogP contribution in [0.2, 0.25) is 0 Å². The van der Waals surface area contributed by atoms with Gasteiger partial charge in [0.25, 0.3) is 0 Å². The van der Waals surface area contributed by atoms with Gasteiger partial charge in [0.2, 0.25) is 0 Å². The van der Waals surface area contributed by atoms with Crippen LogP contribution in [0.15, 0.2) is 11.6 Å². The van der Waals surface area contributed by atoms with Crippen LogP contribution in [-0.4, -0.2) is 23.0 Å². The van der Waals surface area contributed by atoms with Crippen LogP contribution in [0.5, 0.6) is 0 Å². The number of aromatic nitrogens is 1. The van der Waals surface area contributed by atoms with Crippen molar-refractivity contribution in [2.45, 2.75) is 32.7 Å². The maximum atomic E-state index is 4.57. The van der Waals surface area contributed by atoms with Crippen molar-refractivity contribution in [3.05, 3.63) is 16.6 Å². The van der Waals surface area contributed by atoms with Crippen LogP contribution in [0.1, 0.15) is 32.2 Å². The molecule has 2 nitrogen and oxygen atoms in total. The van der Waals surface area contributed by atoms with E-state index in [2.05, 4.69) is 36.5 Å². The van der Waals surface area contributed by atoms with Crippen molar-refractivity contribution < 1.29 is 0 Å². The Hall–Kier alpha value is -0.0600. The number of hydrogen-bond acceptors (Lipinski definition) is 4. The van der Waals surface area contributed by atoms with E-state index in [-0.39, 0.29) is 11.0 Å². The van der Waals surface area contributed by atoms with Crippen molar-refractivity contribution in [2.24, 2.45) is 5.41 Å². The Balaban J connectivity index is 2.40. The summed E-state index contributed by atoms with van der Waals surface area (Å²) in [5.41, 5.74) is 0.352. The van der Waals surface area contributed by atoms with Crippen LogP contribution in [0.3, 0.4) is 0 Å². The van der Waals surface area contributed by atoms with Gasteiger partial charge in [0.15, 0.2) is 0 Å². The third-order valence-corrected chi connectivity index (χ3v) is 5.69. The Morgan fingerprint density at radius 3 is 2.88 bits per heavy atom. The first-order valence-electron chi connectivity index (χ1n) is 5.85. The first-order valence-corrected chi connectivity index (χ1v) is 7.88. The number of hydrogen-bond donors (Lipinski definition) is 1. The molecule has 0 saturated carbocycles. The highest BCUT2D eigenvalue weighted by Gasteiger charge is 2.49. The number of thioether (sulfide) groups is 1. The lowest BCUT2D eigenvalue weighted by Crippen LogP contribution is -2.57. The molecule has 0 spiro atoms. The topological polar surface area (TPSA) is 24.9 Å². The van der Waals surface area contributed by atoms with Gasteiger partial charge < -0.3 is 5.32 Å². The molecule has 1 aliphatic heterocycles. The SMILES string of the molecule is CCNC1(c2nccs2)CSCCC1(C)C. The zero-order valence-electron chi connectivity index (χ0n) is 10.2. The van der Waals surface area contributed by atoms with Crippen molar-refractivity contribution >= 4 is 23.1 Å². The standard InChI is InChI=1S/C12H20N2S2/c1-4-14-12(10-13-6-8-16-10)9-15-7-5-11(12,2)3/h6,8,14H,4-5,7,9H2,1-3H3. The van der Waals surface area contributed by atoms with E-state index in [4.69, 9.17) is 0 Å². The average molecular weight is 256 g/mol. The van der Waals surface area contributed by atoms with Gasteiger partial charge >= 0.3 is 0 Å². The fourth-order valence-corrected chi connectivity index (χ4v) is 5.23. The molecule has 4 heteroatoms. The van der Waals surface area contributed by atoms with Crippen molar-refractivity contribution in [1.29, 1.82) is 0 Å². The molecule has 1 aliphatic rings. The summed E-state index contributed by atoms with van der Waals surface area (Å²) in [4.78, 5) is 4.57. The van der Waals surface area contributed by atoms with E-state index in [1.54, 1.807) is 11.3 Å². The van der Waals surface area contributed by atoms with Crippen molar-refractivity contribution in [2.75, 3.05) is 18.1 Å². The Kier molecular flexibility index (Phi) is 3.62. The smallest absolute Gasteiger partial charge is 0.114 e. The molecule has 0 bridgehead atoms. The van der Waals surface area contributed by atoms with Gasteiger partial charge in [-0.25, -0.2) is 4.98 Å². The van der Waals surface area contributed by atoms with Crippen LogP contribution < -0.4 is 5.32 Å². The van der Waals surface area contributed by atoms with E-state index >= 15 is 0 Å². The number of thiazole rings is 1. The predicted octanol–water partition coefficient (Wildman–Crippen LogP) is 3.11. The average Bonchev–Trinajstić information content (AvgIpc) is 2.75. The van der Waals surface area contributed by atoms with Gasteiger partial charge in [0, 0.05) is 17.3 Å². The molecule has 1 aromatic rings. The van der Waals surface area contributed by atoms with Crippen LogP contribution in [0.4, 0.5) is 0 Å². The van der Waals surface area contributed by atoms with Crippen molar-refractivity contribution in [3.8, 4) is 0 Å². The number of nitrogens with zero attached hydrogens (tertiary/aromatic N) is 1. The molecule has 1 atom stereocenters. The van der Waals surface area contributed by atoms with Crippen molar-refractivity contribution in [1.82, 2.24) is 10.3 Å². The first kappa shape index (κ1) is 12.4. The molecule has 0 radical (unpaired) electrons. The van der Waals surface area contributed by atoms with E-state index in [1.807, 2.05) is 18.0 Å². The molecule has 16 heavy (non-hydrogen) atoms. The van der Waals surface area contributed by atoms with Gasteiger partial charge in [-0.05, 0) is 24.1 Å². The molecule has 1 unspecified atom stereocenters. The van der Waals surface area contributed by atoms with E-state index in [9.17, 15) is 0 Å². The highest BCUT2D eigenvalue weighted by Crippen LogP contribution is 2.48. The van der Waals surface area contributed by atoms with Crippen LogP contribution >= 0.6 is 23.1 Å². The summed E-state index contributed by atoms with van der Waals surface area (Å²) in [6.45, 7) is 7.93. The third-order valence-electron chi connectivity index (χ3n) is 3.62. The van der Waals surface area contributed by atoms with Crippen molar-refractivity contribution in [3.63, 3.8) is 0 Å². The van der Waals surface area contributed by atoms with Gasteiger partial charge in [0.05, 0.1) is 5.54 Å². The molecular formula is C12H20N2S2. The summed E-state index contributed by atoms with van der Waals surface area (Å²) in [5, 5.41) is 7.06. The molecular weight excluding hydrogens is 236 g/mol. The molecule has 1 N–H and O–H groups in total. The van der Waals surface area contributed by atoms with E-state index < -0.39 is 0 Å². The number of rotatable bonds is 3. The van der Waals surface area contributed by atoms with E-state index in [0.29, 0.717) is 0 Å². The normalized spacial score (nSPS) is 29.2. The van der Waals surface area contributed by atoms with Gasteiger partial charge in [-0.1, -0.05) is 20.8 Å². The van der Waals surface area contributed by atoms with Crippen LogP contribution in [0.25, 0.3) is 0 Å². The van der Waals surface area contributed by atoms with Crippen LogP contribution in [-0.2, 0) is 5.54 Å². The molecule has 0 aliphatic carbocycles. The second kappa shape index (κ2) is 4.67. The van der Waals surface area contributed by atoms with Crippen LogP contribution in [0, 0.1) is 5.41 Å². The Morgan fingerprint density at radius 1 is 1.50 bits per heavy atom. The molecule has 90 valence electrons. The predicted molar refractivity (Wildman–Crippen MR) is 73.2 cm³/mol. The van der Waals surface area contributed by atoms with Gasteiger partial charge in [0.1, 0.15) is 5.01 Å².